The molecule has 114 valence electrons. The molecule has 1 unspecified atom stereocenters. The number of hydrogen-bond donors (Lipinski definition) is 1. The van der Waals surface area contributed by atoms with E-state index in [4.69, 9.17) is 14.2 Å². The Hall–Kier alpha value is -1.46. The lowest BCUT2D eigenvalue weighted by Crippen LogP contribution is -2.12. The number of aliphatic hydroxyl groups excluding tert-OH is 1. The van der Waals surface area contributed by atoms with Crippen LogP contribution in [0.4, 0.5) is 0 Å². The maximum atomic E-state index is 10.1. The van der Waals surface area contributed by atoms with Crippen molar-refractivity contribution in [1.82, 2.24) is 0 Å². The molecule has 0 saturated carbocycles. The first-order valence-corrected chi connectivity index (χ1v) is 7.12. The minimum Gasteiger partial charge on any atom is -0.386 e. The zero-order valence-corrected chi connectivity index (χ0v) is 12.3. The van der Waals surface area contributed by atoms with Crippen LogP contribution in [0.2, 0.25) is 0 Å². The Morgan fingerprint density at radius 2 is 1.62 bits per heavy atom. The van der Waals surface area contributed by atoms with Crippen LogP contribution in [0.3, 0.4) is 0 Å². The van der Waals surface area contributed by atoms with Gasteiger partial charge in [0.05, 0.1) is 33.0 Å². The molecule has 1 atom stereocenters. The van der Waals surface area contributed by atoms with Gasteiger partial charge in [0.2, 0.25) is 0 Å². The molecule has 0 aliphatic carbocycles. The zero-order chi connectivity index (χ0) is 14.9. The van der Waals surface area contributed by atoms with Crippen LogP contribution in [0.5, 0.6) is 0 Å². The van der Waals surface area contributed by atoms with E-state index in [-0.39, 0.29) is 6.61 Å². The van der Waals surface area contributed by atoms with Gasteiger partial charge in [0.25, 0.3) is 0 Å². The van der Waals surface area contributed by atoms with Crippen molar-refractivity contribution in [3.05, 3.63) is 48.0 Å². The Kier molecular flexibility index (Phi) is 6.63. The van der Waals surface area contributed by atoms with Gasteiger partial charge in [0.1, 0.15) is 6.10 Å². The van der Waals surface area contributed by atoms with E-state index in [0.717, 1.165) is 10.9 Å². The Bertz CT molecular complexity index is 541. The van der Waals surface area contributed by atoms with E-state index in [1.807, 2.05) is 36.4 Å². The lowest BCUT2D eigenvalue weighted by Gasteiger charge is -2.12. The Morgan fingerprint density at radius 3 is 2.43 bits per heavy atom. The summed E-state index contributed by atoms with van der Waals surface area (Å²) in [5.74, 6) is 0. The molecule has 2 aromatic rings. The second kappa shape index (κ2) is 8.74. The van der Waals surface area contributed by atoms with Gasteiger partial charge < -0.3 is 19.3 Å². The molecule has 0 aliphatic heterocycles. The highest BCUT2D eigenvalue weighted by atomic mass is 16.5. The second-order valence-corrected chi connectivity index (χ2v) is 4.80. The van der Waals surface area contributed by atoms with Crippen LogP contribution in [0.25, 0.3) is 10.8 Å². The molecule has 2 aromatic carbocycles. The maximum Gasteiger partial charge on any atom is 0.102 e. The van der Waals surface area contributed by atoms with E-state index in [9.17, 15) is 5.11 Å². The molecule has 0 saturated heterocycles. The molecule has 4 nitrogen and oxygen atoms in total. The summed E-state index contributed by atoms with van der Waals surface area (Å²) in [4.78, 5) is 0. The molecule has 2 rings (SSSR count). The third kappa shape index (κ3) is 5.10. The first kappa shape index (κ1) is 15.9. The van der Waals surface area contributed by atoms with Crippen molar-refractivity contribution in [3.8, 4) is 0 Å². The average Bonchev–Trinajstić information content (AvgIpc) is 2.53. The van der Waals surface area contributed by atoms with Gasteiger partial charge in [-0.3, -0.25) is 0 Å². The monoisotopic (exact) mass is 290 g/mol. The fourth-order valence-electron chi connectivity index (χ4n) is 2.07. The summed E-state index contributed by atoms with van der Waals surface area (Å²) in [7, 11) is 1.64. The summed E-state index contributed by atoms with van der Waals surface area (Å²) < 4.78 is 15.6. The third-order valence-electron chi connectivity index (χ3n) is 3.24. The predicted molar refractivity (Wildman–Crippen MR) is 82.4 cm³/mol. The molecule has 21 heavy (non-hydrogen) atoms. The van der Waals surface area contributed by atoms with Crippen LogP contribution in [0.1, 0.15) is 11.7 Å². The number of methoxy groups -OCH3 is 1. The minimum atomic E-state index is -0.617. The van der Waals surface area contributed by atoms with Crippen molar-refractivity contribution in [1.29, 1.82) is 0 Å². The number of hydrogen-bond acceptors (Lipinski definition) is 4. The fraction of sp³-hybridized carbons (Fsp3) is 0.412. The van der Waals surface area contributed by atoms with Crippen molar-refractivity contribution in [2.24, 2.45) is 0 Å². The summed E-state index contributed by atoms with van der Waals surface area (Å²) >= 11 is 0. The molecule has 0 bridgehead atoms. The van der Waals surface area contributed by atoms with Crippen LogP contribution < -0.4 is 0 Å². The molecular formula is C17H22O4. The molecule has 0 radical (unpaired) electrons. The summed E-state index contributed by atoms with van der Waals surface area (Å²) in [6.45, 7) is 2.39. The van der Waals surface area contributed by atoms with Gasteiger partial charge in [0, 0.05) is 7.11 Å². The van der Waals surface area contributed by atoms with Crippen LogP contribution >= 0.6 is 0 Å². The molecule has 0 fully saturated rings. The molecule has 0 spiro atoms. The maximum absolute atomic E-state index is 10.1. The van der Waals surface area contributed by atoms with Crippen molar-refractivity contribution >= 4 is 10.8 Å². The average molecular weight is 290 g/mol. The molecule has 4 heteroatoms. The van der Waals surface area contributed by atoms with E-state index in [1.54, 1.807) is 7.11 Å². The van der Waals surface area contributed by atoms with Gasteiger partial charge in [0.15, 0.2) is 0 Å². The highest BCUT2D eigenvalue weighted by molar-refractivity contribution is 5.83. The van der Waals surface area contributed by atoms with E-state index in [0.29, 0.717) is 26.4 Å². The van der Waals surface area contributed by atoms with Crippen LogP contribution in [0.15, 0.2) is 42.5 Å². The number of benzene rings is 2. The largest absolute Gasteiger partial charge is 0.386 e. The van der Waals surface area contributed by atoms with Gasteiger partial charge >= 0.3 is 0 Å². The van der Waals surface area contributed by atoms with E-state index in [2.05, 4.69) is 6.07 Å². The van der Waals surface area contributed by atoms with Gasteiger partial charge in [-0.2, -0.15) is 0 Å². The number of aliphatic hydroxyl groups is 1. The molecule has 0 aromatic heterocycles. The number of ether oxygens (including phenoxy) is 3. The normalized spacial score (nSPS) is 12.7. The molecular weight excluding hydrogens is 268 g/mol. The SMILES string of the molecule is COCCOCCOCC(O)c1ccc2ccccc2c1. The Morgan fingerprint density at radius 1 is 0.905 bits per heavy atom. The summed E-state index contributed by atoms with van der Waals surface area (Å²) in [5, 5.41) is 12.4. The van der Waals surface area contributed by atoms with Crippen LogP contribution in [0, 0.1) is 0 Å². The lowest BCUT2D eigenvalue weighted by molar-refractivity contribution is -0.00587. The highest BCUT2D eigenvalue weighted by Crippen LogP contribution is 2.20. The Labute approximate surface area is 125 Å². The Balaban J connectivity index is 1.75. The smallest absolute Gasteiger partial charge is 0.102 e. The van der Waals surface area contributed by atoms with E-state index >= 15 is 0 Å². The minimum absolute atomic E-state index is 0.270. The van der Waals surface area contributed by atoms with Crippen LogP contribution in [-0.4, -0.2) is 45.3 Å². The summed E-state index contributed by atoms with van der Waals surface area (Å²) in [6.07, 6.45) is -0.617. The van der Waals surface area contributed by atoms with Crippen molar-refractivity contribution in [2.75, 3.05) is 40.1 Å². The van der Waals surface area contributed by atoms with Gasteiger partial charge in [-0.1, -0.05) is 36.4 Å². The molecule has 0 heterocycles. The standard InChI is InChI=1S/C17H22O4/c1-19-8-9-20-10-11-21-13-17(18)16-7-6-14-4-2-3-5-15(14)12-16/h2-7,12,17-18H,8-11,13H2,1H3. The predicted octanol–water partition coefficient (Wildman–Crippen LogP) is 2.55. The van der Waals surface area contributed by atoms with E-state index < -0.39 is 6.10 Å². The molecule has 0 amide bonds. The number of fused-ring (bicyclic) bond motifs is 1. The first-order chi connectivity index (χ1) is 10.3. The van der Waals surface area contributed by atoms with Crippen LogP contribution in [-0.2, 0) is 14.2 Å². The fourth-order valence-corrected chi connectivity index (χ4v) is 2.07. The van der Waals surface area contributed by atoms with Gasteiger partial charge in [-0.15, -0.1) is 0 Å². The first-order valence-electron chi connectivity index (χ1n) is 7.12. The summed E-state index contributed by atoms with van der Waals surface area (Å²) in [5.41, 5.74) is 0.869. The van der Waals surface area contributed by atoms with Gasteiger partial charge in [-0.25, -0.2) is 0 Å². The van der Waals surface area contributed by atoms with Crippen molar-refractivity contribution < 1.29 is 19.3 Å². The highest BCUT2D eigenvalue weighted by Gasteiger charge is 2.08. The second-order valence-electron chi connectivity index (χ2n) is 4.80. The quantitative estimate of drug-likeness (QED) is 0.721. The zero-order valence-electron chi connectivity index (χ0n) is 12.3. The summed E-state index contributed by atoms with van der Waals surface area (Å²) in [6, 6.07) is 14.0. The lowest BCUT2D eigenvalue weighted by atomic mass is 10.0. The molecule has 1 N–H and O–H groups in total. The van der Waals surface area contributed by atoms with Crippen molar-refractivity contribution in [2.45, 2.75) is 6.10 Å². The van der Waals surface area contributed by atoms with Gasteiger partial charge in [-0.05, 0) is 22.4 Å². The molecule has 0 aliphatic rings. The topological polar surface area (TPSA) is 47.9 Å². The number of rotatable bonds is 9. The van der Waals surface area contributed by atoms with Crippen molar-refractivity contribution in [3.63, 3.8) is 0 Å². The van der Waals surface area contributed by atoms with E-state index in [1.165, 1.54) is 5.39 Å². The third-order valence-corrected chi connectivity index (χ3v) is 3.24.